The van der Waals surface area contributed by atoms with E-state index in [0.717, 1.165) is 5.56 Å². The predicted octanol–water partition coefficient (Wildman–Crippen LogP) is 4.58. The Morgan fingerprint density at radius 2 is 1.50 bits per heavy atom. The zero-order valence-corrected chi connectivity index (χ0v) is 11.8. The van der Waals surface area contributed by atoms with Gasteiger partial charge < -0.3 is 5.11 Å². The fraction of sp³-hybridized carbons (Fsp3) is 0.143. The summed E-state index contributed by atoms with van der Waals surface area (Å²) in [5, 5.41) is 8.54. The highest BCUT2D eigenvalue weighted by Gasteiger charge is 1.81. The van der Waals surface area contributed by atoms with Crippen LogP contribution in [0.15, 0.2) is 30.3 Å². The summed E-state index contributed by atoms with van der Waals surface area (Å²) < 4.78 is -0.183. The van der Waals surface area contributed by atoms with Gasteiger partial charge in [-0.25, -0.2) is 0 Å². The molecule has 0 spiro atoms. The van der Waals surface area contributed by atoms with E-state index in [0.29, 0.717) is 0 Å². The van der Waals surface area contributed by atoms with Gasteiger partial charge in [-0.2, -0.15) is 0 Å². The molecule has 0 amide bonds. The van der Waals surface area contributed by atoms with Crippen molar-refractivity contribution in [3.8, 4) is 0 Å². The molecule has 0 aliphatic heterocycles. The number of hydrogen-bond acceptors (Lipinski definition) is 1. The Kier molecular flexibility index (Phi) is 9.40. The minimum atomic E-state index is -0.183. The molecule has 0 atom stereocenters. The second kappa shape index (κ2) is 8.64. The third-order valence-corrected chi connectivity index (χ3v) is 1.03. The largest absolute Gasteiger partial charge is 0.392 e. The van der Waals surface area contributed by atoms with Crippen LogP contribution in [-0.4, -0.2) is 5.11 Å². The predicted molar refractivity (Wildman–Crippen MR) is 66.1 cm³/mol. The van der Waals surface area contributed by atoms with E-state index < -0.39 is 0 Å². The van der Waals surface area contributed by atoms with E-state index in [1.54, 1.807) is 0 Å². The van der Waals surface area contributed by atoms with Crippen molar-refractivity contribution in [1.29, 1.82) is 0 Å². The Morgan fingerprint density at radius 3 is 1.75 bits per heavy atom. The molecule has 0 saturated heterocycles. The zero-order valence-electron chi connectivity index (χ0n) is 6.12. The summed E-state index contributed by atoms with van der Waals surface area (Å²) in [7, 11) is 0. The molecule has 1 nitrogen and oxygen atoms in total. The van der Waals surface area contributed by atoms with Crippen molar-refractivity contribution in [3.05, 3.63) is 35.9 Å². The summed E-state index contributed by atoms with van der Waals surface area (Å²) in [5.41, 5.74) is 0.965. The van der Waals surface area contributed by atoms with Crippen molar-refractivity contribution >= 4 is 50.5 Å². The minimum Gasteiger partial charge on any atom is -0.392 e. The van der Waals surface area contributed by atoms with Gasteiger partial charge in [-0.15, -0.1) is 0 Å². The monoisotopic (exact) mass is 376 g/mol. The summed E-state index contributed by atoms with van der Waals surface area (Å²) >= 11 is 9.51. The topological polar surface area (TPSA) is 20.2 Å². The number of benzene rings is 1. The molecule has 0 aliphatic carbocycles. The van der Waals surface area contributed by atoms with Gasteiger partial charge in [0.05, 0.1) is 6.61 Å². The van der Waals surface area contributed by atoms with Gasteiger partial charge in [0.25, 0.3) is 0 Å². The van der Waals surface area contributed by atoms with Crippen LogP contribution in [0.2, 0.25) is 0 Å². The lowest BCUT2D eigenvalue weighted by molar-refractivity contribution is 0.282. The molecular weight excluding hydrogens is 371 g/mol. The van der Waals surface area contributed by atoms with E-state index in [9.17, 15) is 0 Å². The maximum atomic E-state index is 8.54. The van der Waals surface area contributed by atoms with Crippen LogP contribution in [0.1, 0.15) is 5.56 Å². The lowest BCUT2D eigenvalue weighted by Gasteiger charge is -1.89. The van der Waals surface area contributed by atoms with Gasteiger partial charge in [0.1, 0.15) is 4.03 Å². The molecule has 0 radical (unpaired) electrons. The van der Waals surface area contributed by atoms with E-state index in [-0.39, 0.29) is 10.6 Å². The first-order chi connectivity index (χ1) is 5.66. The molecule has 12 heavy (non-hydrogen) atoms. The molecule has 0 bridgehead atoms. The van der Waals surface area contributed by atoms with Crippen LogP contribution in [0, 0.1) is 0 Å². The molecule has 0 aliphatic rings. The third-order valence-electron chi connectivity index (χ3n) is 1.03. The number of aliphatic hydroxyl groups is 1. The molecule has 0 saturated carbocycles. The van der Waals surface area contributed by atoms with Gasteiger partial charge in [0, 0.05) is 0 Å². The SMILES string of the molecule is BrP(Br)Br.OCc1ccccc1. The Balaban J connectivity index is 0.000000261. The molecule has 0 unspecified atom stereocenters. The summed E-state index contributed by atoms with van der Waals surface area (Å²) in [6, 6.07) is 9.52. The zero-order chi connectivity index (χ0) is 9.40. The van der Waals surface area contributed by atoms with Gasteiger partial charge in [0.2, 0.25) is 0 Å². The Hall–Kier alpha value is 1.05. The molecule has 0 aromatic heterocycles. The Bertz CT molecular complexity index is 190. The van der Waals surface area contributed by atoms with E-state index >= 15 is 0 Å². The van der Waals surface area contributed by atoms with Gasteiger partial charge in [0.15, 0.2) is 0 Å². The lowest BCUT2D eigenvalue weighted by atomic mass is 10.2. The van der Waals surface area contributed by atoms with Crippen molar-refractivity contribution in [2.24, 2.45) is 0 Å². The first-order valence-electron chi connectivity index (χ1n) is 3.09. The van der Waals surface area contributed by atoms with Crippen LogP contribution in [-0.2, 0) is 6.61 Å². The number of hydrogen-bond donors (Lipinski definition) is 1. The van der Waals surface area contributed by atoms with Gasteiger partial charge in [-0.3, -0.25) is 0 Å². The summed E-state index contributed by atoms with van der Waals surface area (Å²) in [6.07, 6.45) is 0. The molecule has 1 rings (SSSR count). The highest BCUT2D eigenvalue weighted by molar-refractivity contribution is 9.93. The second-order valence-electron chi connectivity index (χ2n) is 1.84. The van der Waals surface area contributed by atoms with E-state index in [4.69, 9.17) is 5.11 Å². The lowest BCUT2D eigenvalue weighted by Crippen LogP contribution is -1.77. The van der Waals surface area contributed by atoms with Crippen LogP contribution in [0.3, 0.4) is 0 Å². The smallest absolute Gasteiger partial charge is 0.103 e. The van der Waals surface area contributed by atoms with Gasteiger partial charge in [-0.05, 0) is 52.0 Å². The van der Waals surface area contributed by atoms with Crippen molar-refractivity contribution in [3.63, 3.8) is 0 Å². The van der Waals surface area contributed by atoms with Gasteiger partial charge >= 0.3 is 0 Å². The molecule has 5 heteroatoms. The normalized spacial score (nSPS) is 9.08. The summed E-state index contributed by atoms with van der Waals surface area (Å²) in [6.45, 7) is 0.140. The van der Waals surface area contributed by atoms with E-state index in [1.807, 2.05) is 30.3 Å². The van der Waals surface area contributed by atoms with Crippen LogP contribution in [0.4, 0.5) is 0 Å². The average molecular weight is 379 g/mol. The first-order valence-corrected chi connectivity index (χ1v) is 10.5. The second-order valence-corrected chi connectivity index (χ2v) is 17.2. The van der Waals surface area contributed by atoms with Crippen LogP contribution < -0.4 is 0 Å². The Morgan fingerprint density at radius 1 is 1.08 bits per heavy atom. The molecule has 0 heterocycles. The maximum Gasteiger partial charge on any atom is 0.103 e. The molecule has 68 valence electrons. The average Bonchev–Trinajstić information content (AvgIpc) is 2.05. The van der Waals surface area contributed by atoms with Crippen molar-refractivity contribution < 1.29 is 5.11 Å². The molecule has 0 fully saturated rings. The fourth-order valence-corrected chi connectivity index (χ4v) is 0.583. The van der Waals surface area contributed by atoms with E-state index in [2.05, 4.69) is 46.5 Å². The number of halogens is 3. The number of aliphatic hydroxyl groups excluding tert-OH is 1. The minimum absolute atomic E-state index is 0.140. The van der Waals surface area contributed by atoms with Crippen molar-refractivity contribution in [2.75, 3.05) is 0 Å². The molecule has 1 aromatic rings. The van der Waals surface area contributed by atoms with Crippen molar-refractivity contribution in [2.45, 2.75) is 6.61 Å². The summed E-state index contributed by atoms with van der Waals surface area (Å²) in [5.74, 6) is 0. The molecular formula is C7H8Br3OP. The van der Waals surface area contributed by atoms with Crippen LogP contribution in [0.25, 0.3) is 0 Å². The van der Waals surface area contributed by atoms with Crippen LogP contribution in [0.5, 0.6) is 0 Å². The molecule has 1 aromatic carbocycles. The standard InChI is InChI=1S/C7H8O.Br3P/c8-6-7-4-2-1-3-5-7;1-4(2)3/h1-5,8H,6H2;. The van der Waals surface area contributed by atoms with E-state index in [1.165, 1.54) is 0 Å². The highest BCUT2D eigenvalue weighted by Crippen LogP contribution is 2.59. The number of rotatable bonds is 1. The highest BCUT2D eigenvalue weighted by atomic mass is 80.0. The maximum absolute atomic E-state index is 8.54. The quantitative estimate of drug-likeness (QED) is 0.709. The fourth-order valence-electron chi connectivity index (χ4n) is 0.583. The molecule has 1 N–H and O–H groups in total. The van der Waals surface area contributed by atoms with Crippen LogP contribution >= 0.6 is 50.5 Å². The summed E-state index contributed by atoms with van der Waals surface area (Å²) in [4.78, 5) is 0. The first kappa shape index (κ1) is 13.1. The third kappa shape index (κ3) is 9.14. The van der Waals surface area contributed by atoms with Gasteiger partial charge in [-0.1, -0.05) is 30.3 Å². The van der Waals surface area contributed by atoms with Crippen molar-refractivity contribution in [1.82, 2.24) is 0 Å². The Labute approximate surface area is 97.5 Å².